The fourth-order valence-electron chi connectivity index (χ4n) is 4.70. The van der Waals surface area contributed by atoms with Crippen molar-refractivity contribution in [3.05, 3.63) is 53.1 Å². The number of hydrogen-bond donors (Lipinski definition) is 2. The molecule has 3 amide bonds. The number of hydrogen-bond acceptors (Lipinski definition) is 6. The molecule has 2 saturated heterocycles. The van der Waals surface area contributed by atoms with E-state index in [-0.39, 0.29) is 31.1 Å². The number of benzene rings is 2. The lowest BCUT2D eigenvalue weighted by Gasteiger charge is -2.37. The van der Waals surface area contributed by atoms with Crippen molar-refractivity contribution >= 4 is 52.4 Å². The van der Waals surface area contributed by atoms with Gasteiger partial charge in [0, 0.05) is 49.4 Å². The first-order chi connectivity index (χ1) is 17.6. The van der Waals surface area contributed by atoms with Gasteiger partial charge < -0.3 is 25.5 Å². The summed E-state index contributed by atoms with van der Waals surface area (Å²) in [5.41, 5.74) is 7.99. The fraction of sp³-hybridized carbons (Fsp3) is 0.385. The van der Waals surface area contributed by atoms with Crippen LogP contribution in [0.5, 0.6) is 0 Å². The molecule has 0 aromatic heterocycles. The van der Waals surface area contributed by atoms with Gasteiger partial charge in [0.05, 0.1) is 17.9 Å². The van der Waals surface area contributed by atoms with Crippen molar-refractivity contribution in [1.29, 1.82) is 0 Å². The first-order valence-corrected chi connectivity index (χ1v) is 12.5. The maximum Gasteiger partial charge on any atom is 0.326 e. The maximum absolute atomic E-state index is 13.0. The smallest absolute Gasteiger partial charge is 0.326 e. The maximum atomic E-state index is 13.0. The molecule has 37 heavy (non-hydrogen) atoms. The SMILES string of the molecule is CC(C)N1CCN(c2ccc(CC(C(=O)O)N3CCN(c4cc(Cl)ccc4N)C(=O)C3=O)cc2)C(=O)C1. The Morgan fingerprint density at radius 3 is 2.27 bits per heavy atom. The summed E-state index contributed by atoms with van der Waals surface area (Å²) in [6.07, 6.45) is 0.0169. The molecule has 2 heterocycles. The van der Waals surface area contributed by atoms with Crippen molar-refractivity contribution < 1.29 is 24.3 Å². The summed E-state index contributed by atoms with van der Waals surface area (Å²) in [6.45, 7) is 5.93. The quantitative estimate of drug-likeness (QED) is 0.415. The van der Waals surface area contributed by atoms with Gasteiger partial charge in [0.15, 0.2) is 0 Å². The van der Waals surface area contributed by atoms with E-state index in [0.29, 0.717) is 35.4 Å². The summed E-state index contributed by atoms with van der Waals surface area (Å²) in [5, 5.41) is 10.3. The van der Waals surface area contributed by atoms with Gasteiger partial charge >= 0.3 is 17.8 Å². The molecule has 3 N–H and O–H groups in total. The second-order valence-corrected chi connectivity index (χ2v) is 9.93. The van der Waals surface area contributed by atoms with Crippen LogP contribution in [0, 0.1) is 0 Å². The molecule has 11 heteroatoms. The van der Waals surface area contributed by atoms with Gasteiger partial charge in [0.25, 0.3) is 0 Å². The van der Waals surface area contributed by atoms with Crippen LogP contribution >= 0.6 is 11.6 Å². The number of nitrogen functional groups attached to an aromatic ring is 1. The Hall–Kier alpha value is -3.63. The molecule has 2 aliphatic heterocycles. The standard InChI is InChI=1S/C26H30ClN5O5/c1-16(2)29-9-10-30(23(33)15-29)19-6-3-17(4-7-19)13-22(26(36)37)32-12-11-31(24(34)25(32)35)21-14-18(27)5-8-20(21)28/h3-8,14,16,22H,9-13,15,28H2,1-2H3,(H,36,37). The van der Waals surface area contributed by atoms with Gasteiger partial charge in [-0.3, -0.25) is 19.3 Å². The number of nitrogens with zero attached hydrogens (tertiary/aromatic N) is 4. The Kier molecular flexibility index (Phi) is 7.70. The predicted molar refractivity (Wildman–Crippen MR) is 141 cm³/mol. The van der Waals surface area contributed by atoms with E-state index in [1.165, 1.54) is 11.0 Å². The molecule has 10 nitrogen and oxygen atoms in total. The number of carboxylic acids is 1. The first kappa shape index (κ1) is 26.4. The van der Waals surface area contributed by atoms with Gasteiger partial charge in [-0.15, -0.1) is 0 Å². The number of rotatable bonds is 7. The molecule has 0 spiro atoms. The minimum absolute atomic E-state index is 0.0124. The first-order valence-electron chi connectivity index (χ1n) is 12.1. The van der Waals surface area contributed by atoms with Gasteiger partial charge in [-0.2, -0.15) is 0 Å². The summed E-state index contributed by atoms with van der Waals surface area (Å²) in [5.74, 6) is -2.97. The number of carbonyl (C=O) groups is 4. The molecule has 2 aliphatic rings. The summed E-state index contributed by atoms with van der Waals surface area (Å²) in [6, 6.07) is 10.8. The molecule has 0 radical (unpaired) electrons. The number of halogens is 1. The van der Waals surface area contributed by atoms with E-state index < -0.39 is 23.8 Å². The van der Waals surface area contributed by atoms with Crippen molar-refractivity contribution in [3.63, 3.8) is 0 Å². The minimum atomic E-state index is -1.22. The topological polar surface area (TPSA) is 127 Å². The van der Waals surface area contributed by atoms with Gasteiger partial charge in [0.2, 0.25) is 5.91 Å². The highest BCUT2D eigenvalue weighted by Crippen LogP contribution is 2.29. The highest BCUT2D eigenvalue weighted by molar-refractivity contribution is 6.41. The molecule has 4 rings (SSSR count). The van der Waals surface area contributed by atoms with E-state index >= 15 is 0 Å². The van der Waals surface area contributed by atoms with Crippen molar-refractivity contribution in [2.24, 2.45) is 0 Å². The lowest BCUT2D eigenvalue weighted by molar-refractivity contribution is -0.155. The molecule has 1 unspecified atom stereocenters. The molecule has 2 aromatic rings. The molecular weight excluding hydrogens is 498 g/mol. The Labute approximate surface area is 220 Å². The highest BCUT2D eigenvalue weighted by Gasteiger charge is 2.40. The summed E-state index contributed by atoms with van der Waals surface area (Å²) in [4.78, 5) is 56.8. The second-order valence-electron chi connectivity index (χ2n) is 9.49. The van der Waals surface area contributed by atoms with Crippen LogP contribution in [0.4, 0.5) is 17.1 Å². The van der Waals surface area contributed by atoms with E-state index in [1.54, 1.807) is 41.3 Å². The Balaban J connectivity index is 1.46. The number of nitrogens with two attached hydrogens (primary N) is 1. The number of piperazine rings is 2. The lowest BCUT2D eigenvalue weighted by Crippen LogP contribution is -2.59. The van der Waals surface area contributed by atoms with Crippen LogP contribution in [0.25, 0.3) is 0 Å². The van der Waals surface area contributed by atoms with Gasteiger partial charge in [-0.1, -0.05) is 23.7 Å². The number of carboxylic acid groups (broad SMARTS) is 1. The summed E-state index contributed by atoms with van der Waals surface area (Å²) in [7, 11) is 0. The van der Waals surface area contributed by atoms with Crippen molar-refractivity contribution in [2.45, 2.75) is 32.4 Å². The van der Waals surface area contributed by atoms with Gasteiger partial charge in [0.1, 0.15) is 6.04 Å². The van der Waals surface area contributed by atoms with E-state index in [4.69, 9.17) is 17.3 Å². The monoisotopic (exact) mass is 527 g/mol. The minimum Gasteiger partial charge on any atom is -0.480 e. The largest absolute Gasteiger partial charge is 0.480 e. The second kappa shape index (κ2) is 10.8. The molecule has 0 aliphatic carbocycles. The Morgan fingerprint density at radius 1 is 0.973 bits per heavy atom. The Bertz CT molecular complexity index is 1220. The van der Waals surface area contributed by atoms with E-state index in [2.05, 4.69) is 18.7 Å². The number of aliphatic carboxylic acids is 1. The molecule has 0 bridgehead atoms. The van der Waals surface area contributed by atoms with E-state index in [9.17, 15) is 24.3 Å². The third-order valence-electron chi connectivity index (χ3n) is 6.86. The molecule has 0 saturated carbocycles. The summed E-state index contributed by atoms with van der Waals surface area (Å²) < 4.78 is 0. The van der Waals surface area contributed by atoms with Crippen molar-refractivity contribution in [2.75, 3.05) is 48.3 Å². The molecule has 196 valence electrons. The highest BCUT2D eigenvalue weighted by atomic mass is 35.5. The van der Waals surface area contributed by atoms with Crippen LogP contribution in [0.3, 0.4) is 0 Å². The van der Waals surface area contributed by atoms with Crippen molar-refractivity contribution in [3.8, 4) is 0 Å². The molecule has 1 atom stereocenters. The molecule has 2 fully saturated rings. The van der Waals surface area contributed by atoms with Crippen LogP contribution in [0.1, 0.15) is 19.4 Å². The average Bonchev–Trinajstić information content (AvgIpc) is 2.86. The normalized spacial score (nSPS) is 18.1. The lowest BCUT2D eigenvalue weighted by atomic mass is 10.0. The van der Waals surface area contributed by atoms with Crippen LogP contribution in [0.15, 0.2) is 42.5 Å². The van der Waals surface area contributed by atoms with E-state index in [1.807, 2.05) is 0 Å². The molecule has 2 aromatic carbocycles. The van der Waals surface area contributed by atoms with Crippen LogP contribution in [-0.2, 0) is 25.6 Å². The zero-order valence-electron chi connectivity index (χ0n) is 20.8. The van der Waals surface area contributed by atoms with Crippen LogP contribution < -0.4 is 15.5 Å². The Morgan fingerprint density at radius 2 is 1.65 bits per heavy atom. The summed E-state index contributed by atoms with van der Waals surface area (Å²) >= 11 is 6.03. The van der Waals surface area contributed by atoms with Gasteiger partial charge in [-0.25, -0.2) is 4.79 Å². The zero-order chi connectivity index (χ0) is 26.9. The number of amides is 3. The van der Waals surface area contributed by atoms with E-state index in [0.717, 1.165) is 17.1 Å². The van der Waals surface area contributed by atoms with Crippen LogP contribution in [-0.4, -0.2) is 83.4 Å². The predicted octanol–water partition coefficient (Wildman–Crippen LogP) is 1.85. The van der Waals surface area contributed by atoms with Gasteiger partial charge in [-0.05, 0) is 49.7 Å². The zero-order valence-corrected chi connectivity index (χ0v) is 21.5. The van der Waals surface area contributed by atoms with Crippen LogP contribution in [0.2, 0.25) is 5.02 Å². The number of anilines is 3. The third kappa shape index (κ3) is 5.55. The van der Waals surface area contributed by atoms with Crippen molar-refractivity contribution in [1.82, 2.24) is 9.80 Å². The fourth-order valence-corrected chi connectivity index (χ4v) is 4.86. The third-order valence-corrected chi connectivity index (χ3v) is 7.09. The average molecular weight is 528 g/mol. The number of carbonyl (C=O) groups excluding carboxylic acids is 3. The molecular formula is C26H30ClN5O5.